The highest BCUT2D eigenvalue weighted by Gasteiger charge is 2.14. The summed E-state index contributed by atoms with van der Waals surface area (Å²) in [6, 6.07) is 13.0. The summed E-state index contributed by atoms with van der Waals surface area (Å²) >= 11 is 0. The van der Waals surface area contributed by atoms with Crippen molar-refractivity contribution >= 4 is 32.9 Å². The van der Waals surface area contributed by atoms with Crippen molar-refractivity contribution in [3.8, 4) is 0 Å². The minimum Gasteiger partial charge on any atom is -0.456 e. The monoisotopic (exact) mass is 250 g/mol. The van der Waals surface area contributed by atoms with Gasteiger partial charge in [0.1, 0.15) is 16.7 Å². The summed E-state index contributed by atoms with van der Waals surface area (Å²) in [5.74, 6) is 0. The fraction of sp³-hybridized carbons (Fsp3) is 0.0625. The molecule has 0 atom stereocenters. The van der Waals surface area contributed by atoms with Crippen LogP contribution in [0.4, 0.5) is 0 Å². The van der Waals surface area contributed by atoms with Crippen molar-refractivity contribution in [3.05, 3.63) is 58.4 Å². The summed E-state index contributed by atoms with van der Waals surface area (Å²) in [6.07, 6.45) is 0. The van der Waals surface area contributed by atoms with Crippen LogP contribution in [0.3, 0.4) is 0 Å². The number of rotatable bonds is 0. The van der Waals surface area contributed by atoms with Gasteiger partial charge in [0.2, 0.25) is 0 Å². The molecule has 0 N–H and O–H groups in total. The first-order valence-corrected chi connectivity index (χ1v) is 6.09. The smallest absolute Gasteiger partial charge is 0.336 e. The van der Waals surface area contributed by atoms with Gasteiger partial charge in [-0.1, -0.05) is 18.2 Å². The standard InChI is InChI=1S/C16H10O3/c1-9-8-10-6-7-13(17)19-16(10)14-11-4-2-3-5-12(11)18-15(9)14/h2-8H,1H3. The topological polar surface area (TPSA) is 43.4 Å². The molecule has 0 aliphatic carbocycles. The Kier molecular flexibility index (Phi) is 1.90. The average Bonchev–Trinajstić information content (AvgIpc) is 2.80. The van der Waals surface area contributed by atoms with Crippen LogP contribution in [0.25, 0.3) is 32.9 Å². The summed E-state index contributed by atoms with van der Waals surface area (Å²) < 4.78 is 11.2. The van der Waals surface area contributed by atoms with E-state index >= 15 is 0 Å². The van der Waals surface area contributed by atoms with E-state index in [9.17, 15) is 4.79 Å². The first-order chi connectivity index (χ1) is 9.24. The fourth-order valence-corrected chi connectivity index (χ4v) is 2.58. The van der Waals surface area contributed by atoms with E-state index in [0.717, 1.165) is 32.9 Å². The van der Waals surface area contributed by atoms with Crippen molar-refractivity contribution in [2.24, 2.45) is 0 Å². The van der Waals surface area contributed by atoms with Crippen molar-refractivity contribution in [3.63, 3.8) is 0 Å². The van der Waals surface area contributed by atoms with Gasteiger partial charge in [-0.3, -0.25) is 0 Å². The summed E-state index contributed by atoms with van der Waals surface area (Å²) in [5.41, 5.74) is 2.87. The number of para-hydroxylation sites is 1. The zero-order valence-corrected chi connectivity index (χ0v) is 10.3. The van der Waals surface area contributed by atoms with Crippen LogP contribution in [-0.4, -0.2) is 0 Å². The molecular formula is C16H10O3. The molecule has 0 amide bonds. The quantitative estimate of drug-likeness (QED) is 0.443. The second-order valence-electron chi connectivity index (χ2n) is 4.67. The van der Waals surface area contributed by atoms with Gasteiger partial charge >= 0.3 is 5.63 Å². The highest BCUT2D eigenvalue weighted by molar-refractivity contribution is 6.17. The first-order valence-electron chi connectivity index (χ1n) is 6.09. The molecule has 0 unspecified atom stereocenters. The van der Waals surface area contributed by atoms with E-state index in [1.54, 1.807) is 6.07 Å². The molecule has 4 rings (SSSR count). The molecule has 0 aliphatic heterocycles. The second-order valence-corrected chi connectivity index (χ2v) is 4.67. The predicted octanol–water partition coefficient (Wildman–Crippen LogP) is 4.00. The Morgan fingerprint density at radius 1 is 0.947 bits per heavy atom. The lowest BCUT2D eigenvalue weighted by atomic mass is 10.1. The summed E-state index contributed by atoms with van der Waals surface area (Å²) in [6.45, 7) is 2.00. The van der Waals surface area contributed by atoms with Gasteiger partial charge in [-0.15, -0.1) is 0 Å². The van der Waals surface area contributed by atoms with Crippen LogP contribution in [0.1, 0.15) is 5.56 Å². The molecule has 4 aromatic rings. The summed E-state index contributed by atoms with van der Waals surface area (Å²) in [7, 11) is 0. The van der Waals surface area contributed by atoms with E-state index in [0.29, 0.717) is 5.58 Å². The molecule has 19 heavy (non-hydrogen) atoms. The number of furan rings is 1. The van der Waals surface area contributed by atoms with Crippen LogP contribution >= 0.6 is 0 Å². The number of hydrogen-bond acceptors (Lipinski definition) is 3. The molecule has 0 saturated heterocycles. The maximum atomic E-state index is 11.5. The van der Waals surface area contributed by atoms with E-state index < -0.39 is 0 Å². The molecule has 0 bridgehead atoms. The Hall–Kier alpha value is -2.55. The van der Waals surface area contributed by atoms with Gasteiger partial charge in [0.05, 0.1) is 5.39 Å². The molecule has 0 saturated carbocycles. The molecule has 2 aromatic carbocycles. The van der Waals surface area contributed by atoms with Crippen LogP contribution in [0.15, 0.2) is 56.1 Å². The largest absolute Gasteiger partial charge is 0.456 e. The van der Waals surface area contributed by atoms with Gasteiger partial charge in [-0.2, -0.15) is 0 Å². The van der Waals surface area contributed by atoms with E-state index in [1.807, 2.05) is 37.3 Å². The third-order valence-electron chi connectivity index (χ3n) is 3.42. The number of benzene rings is 2. The highest BCUT2D eigenvalue weighted by Crippen LogP contribution is 2.35. The van der Waals surface area contributed by atoms with E-state index in [2.05, 4.69) is 0 Å². The Bertz CT molecular complexity index is 989. The minimum atomic E-state index is -0.345. The molecule has 3 heteroatoms. The Balaban J connectivity index is 2.42. The lowest BCUT2D eigenvalue weighted by Gasteiger charge is -2.00. The lowest BCUT2D eigenvalue weighted by Crippen LogP contribution is -1.94. The molecule has 2 heterocycles. The van der Waals surface area contributed by atoms with Crippen LogP contribution in [0.5, 0.6) is 0 Å². The number of aryl methyl sites for hydroxylation is 1. The third-order valence-corrected chi connectivity index (χ3v) is 3.42. The van der Waals surface area contributed by atoms with Crippen molar-refractivity contribution in [1.29, 1.82) is 0 Å². The van der Waals surface area contributed by atoms with Crippen molar-refractivity contribution in [2.45, 2.75) is 6.92 Å². The van der Waals surface area contributed by atoms with E-state index in [-0.39, 0.29) is 5.63 Å². The molecule has 92 valence electrons. The maximum absolute atomic E-state index is 11.5. The Morgan fingerprint density at radius 3 is 2.68 bits per heavy atom. The molecule has 2 aromatic heterocycles. The molecule has 0 radical (unpaired) electrons. The first kappa shape index (κ1) is 10.4. The fourth-order valence-electron chi connectivity index (χ4n) is 2.58. The highest BCUT2D eigenvalue weighted by atomic mass is 16.4. The van der Waals surface area contributed by atoms with Crippen molar-refractivity contribution < 1.29 is 8.83 Å². The SMILES string of the molecule is Cc1cc2ccc(=O)oc2c2c1oc1ccccc12. The molecule has 3 nitrogen and oxygen atoms in total. The predicted molar refractivity (Wildman–Crippen MR) is 74.5 cm³/mol. The molecule has 0 fully saturated rings. The maximum Gasteiger partial charge on any atom is 0.336 e. The van der Waals surface area contributed by atoms with Crippen molar-refractivity contribution in [1.82, 2.24) is 0 Å². The van der Waals surface area contributed by atoms with Gasteiger partial charge in [0, 0.05) is 16.8 Å². The van der Waals surface area contributed by atoms with Crippen molar-refractivity contribution in [2.75, 3.05) is 0 Å². The lowest BCUT2D eigenvalue weighted by molar-refractivity contribution is 0.564. The van der Waals surface area contributed by atoms with Gasteiger partial charge < -0.3 is 8.83 Å². The Morgan fingerprint density at radius 2 is 1.79 bits per heavy atom. The van der Waals surface area contributed by atoms with E-state index in [1.165, 1.54) is 6.07 Å². The normalized spacial score (nSPS) is 11.6. The zero-order valence-electron chi connectivity index (χ0n) is 10.3. The zero-order chi connectivity index (χ0) is 13.0. The van der Waals surface area contributed by atoms with E-state index in [4.69, 9.17) is 8.83 Å². The summed E-state index contributed by atoms with van der Waals surface area (Å²) in [5, 5.41) is 2.76. The minimum absolute atomic E-state index is 0.345. The van der Waals surface area contributed by atoms with Gasteiger partial charge in [-0.25, -0.2) is 4.79 Å². The third kappa shape index (κ3) is 1.35. The molecule has 0 spiro atoms. The van der Waals surface area contributed by atoms with Crippen LogP contribution in [0.2, 0.25) is 0 Å². The second kappa shape index (κ2) is 3.48. The van der Waals surface area contributed by atoms with Crippen LogP contribution < -0.4 is 5.63 Å². The van der Waals surface area contributed by atoms with Gasteiger partial charge in [0.25, 0.3) is 0 Å². The molecular weight excluding hydrogens is 240 g/mol. The van der Waals surface area contributed by atoms with Gasteiger partial charge in [0.15, 0.2) is 0 Å². The average molecular weight is 250 g/mol. The summed E-state index contributed by atoms with van der Waals surface area (Å²) in [4.78, 5) is 11.5. The number of hydrogen-bond donors (Lipinski definition) is 0. The van der Waals surface area contributed by atoms with Crippen LogP contribution in [-0.2, 0) is 0 Å². The van der Waals surface area contributed by atoms with Gasteiger partial charge in [-0.05, 0) is 30.7 Å². The van der Waals surface area contributed by atoms with Crippen LogP contribution in [0, 0.1) is 6.92 Å². The molecule has 0 aliphatic rings. The Labute approximate surface area is 108 Å². The number of fused-ring (bicyclic) bond motifs is 5.